The Hall–Kier alpha value is -3.92. The number of anilines is 1. The number of nitriles is 1. The molecule has 1 aliphatic heterocycles. The molecule has 1 aromatic carbocycles. The number of benzene rings is 1. The minimum atomic E-state index is -4.76. The van der Waals surface area contributed by atoms with Crippen LogP contribution in [0.5, 0.6) is 0 Å². The first-order valence-corrected chi connectivity index (χ1v) is 9.03. The average Bonchev–Trinajstić information content (AvgIpc) is 3.21. The monoisotopic (exact) mass is 452 g/mol. The molecule has 2 heterocycles. The molecule has 1 saturated heterocycles. The van der Waals surface area contributed by atoms with Crippen LogP contribution in [0.2, 0.25) is 0 Å². The number of nitrogens with zero attached hydrogens (tertiary/aromatic N) is 4. The van der Waals surface area contributed by atoms with Crippen LogP contribution in [0.3, 0.4) is 0 Å². The molecule has 0 saturated carbocycles. The molecular weight excluding hydrogens is 437 g/mol. The molecule has 1 amide bonds. The van der Waals surface area contributed by atoms with Crippen LogP contribution in [0.1, 0.15) is 18.1 Å². The van der Waals surface area contributed by atoms with Crippen LogP contribution in [0.25, 0.3) is 5.69 Å². The normalized spacial score (nSPS) is 17.5. The Morgan fingerprint density at radius 2 is 2.09 bits per heavy atom. The van der Waals surface area contributed by atoms with Crippen LogP contribution in [-0.2, 0) is 30.0 Å². The summed E-state index contributed by atoms with van der Waals surface area (Å²) in [4.78, 5) is 36.5. The van der Waals surface area contributed by atoms with E-state index in [0.717, 1.165) is 28.6 Å². The first kappa shape index (κ1) is 22.8. The molecule has 1 aliphatic rings. The number of halogens is 3. The van der Waals surface area contributed by atoms with E-state index in [4.69, 9.17) is 10.00 Å². The van der Waals surface area contributed by atoms with Crippen molar-refractivity contribution in [3.05, 3.63) is 41.6 Å². The van der Waals surface area contributed by atoms with Crippen molar-refractivity contribution in [2.45, 2.75) is 25.3 Å². The summed E-state index contributed by atoms with van der Waals surface area (Å²) in [6, 6.07) is 5.84. The van der Waals surface area contributed by atoms with Gasteiger partial charge in [0.1, 0.15) is 0 Å². The minimum Gasteiger partial charge on any atom is -0.478 e. The lowest BCUT2D eigenvalue weighted by Crippen LogP contribution is -2.55. The van der Waals surface area contributed by atoms with E-state index in [1.165, 1.54) is 24.4 Å². The number of aliphatic carboxylic acids is 1. The van der Waals surface area contributed by atoms with E-state index in [9.17, 15) is 32.7 Å². The Morgan fingerprint density at radius 1 is 1.38 bits per heavy atom. The fourth-order valence-electron chi connectivity index (χ4n) is 3.08. The van der Waals surface area contributed by atoms with Gasteiger partial charge < -0.3 is 14.6 Å². The smallest absolute Gasteiger partial charge is 0.417 e. The number of alkyl halides is 3. The quantitative estimate of drug-likeness (QED) is 0.675. The summed E-state index contributed by atoms with van der Waals surface area (Å²) in [7, 11) is 0. The van der Waals surface area contributed by atoms with E-state index in [1.807, 2.05) is 0 Å². The Kier molecular flexibility index (Phi) is 6.17. The molecule has 0 radical (unpaired) electrons. The molecule has 13 heteroatoms. The van der Waals surface area contributed by atoms with Gasteiger partial charge in [0, 0.05) is 19.2 Å². The third kappa shape index (κ3) is 4.54. The summed E-state index contributed by atoms with van der Waals surface area (Å²) in [6.07, 6.45) is -6.96. The zero-order chi connectivity index (χ0) is 23.6. The standard InChI is InChI=1S/C19H15F3N4O6/c1-10(27)32-16(18(29)30)15-17(28)25(6-7-31-15)14-4-5-26(24-14)12-3-2-11(9-23)13(8-12)19(20,21)22/h2-5,8,15-16H,6-7H2,1H3,(H,29,30)/t15?,16-/m1/s1. The number of ether oxygens (including phenoxy) is 2. The first-order valence-electron chi connectivity index (χ1n) is 9.03. The number of aromatic nitrogens is 2. The number of hydrogen-bond acceptors (Lipinski definition) is 7. The maximum absolute atomic E-state index is 13.2. The van der Waals surface area contributed by atoms with E-state index in [0.29, 0.717) is 0 Å². The highest BCUT2D eigenvalue weighted by molar-refractivity contribution is 5.99. The predicted octanol–water partition coefficient (Wildman–Crippen LogP) is 1.51. The second-order valence-corrected chi connectivity index (χ2v) is 6.61. The molecule has 32 heavy (non-hydrogen) atoms. The minimum absolute atomic E-state index is 0.0110. The largest absolute Gasteiger partial charge is 0.478 e. The Bertz CT molecular complexity index is 1110. The van der Waals surface area contributed by atoms with Crippen molar-refractivity contribution >= 4 is 23.7 Å². The van der Waals surface area contributed by atoms with Crippen molar-refractivity contribution in [3.63, 3.8) is 0 Å². The topological polar surface area (TPSA) is 135 Å². The summed E-state index contributed by atoms with van der Waals surface area (Å²) in [6.45, 7) is 0.874. The van der Waals surface area contributed by atoms with Crippen molar-refractivity contribution in [1.29, 1.82) is 5.26 Å². The van der Waals surface area contributed by atoms with Gasteiger partial charge in [-0.3, -0.25) is 14.5 Å². The molecule has 0 aliphatic carbocycles. The third-order valence-corrected chi connectivity index (χ3v) is 4.48. The van der Waals surface area contributed by atoms with Gasteiger partial charge in [0.15, 0.2) is 11.9 Å². The summed E-state index contributed by atoms with van der Waals surface area (Å²) in [5, 5.41) is 22.3. The van der Waals surface area contributed by atoms with E-state index in [2.05, 4.69) is 9.84 Å². The van der Waals surface area contributed by atoms with Gasteiger partial charge in [-0.2, -0.15) is 18.4 Å². The van der Waals surface area contributed by atoms with Gasteiger partial charge in [-0.15, -0.1) is 5.10 Å². The molecule has 1 unspecified atom stereocenters. The molecule has 1 N–H and O–H groups in total. The highest BCUT2D eigenvalue weighted by Crippen LogP contribution is 2.33. The number of carbonyl (C=O) groups is 3. The number of esters is 1. The number of morpholine rings is 1. The summed E-state index contributed by atoms with van der Waals surface area (Å²) < 4.78 is 50.6. The van der Waals surface area contributed by atoms with E-state index in [1.54, 1.807) is 0 Å². The zero-order valence-corrected chi connectivity index (χ0v) is 16.4. The van der Waals surface area contributed by atoms with Gasteiger partial charge >= 0.3 is 18.1 Å². The van der Waals surface area contributed by atoms with Crippen LogP contribution in [0.4, 0.5) is 19.0 Å². The lowest BCUT2D eigenvalue weighted by molar-refractivity contribution is -0.177. The zero-order valence-electron chi connectivity index (χ0n) is 16.4. The maximum atomic E-state index is 13.2. The molecule has 1 aromatic heterocycles. The van der Waals surface area contributed by atoms with Gasteiger partial charge in [0.05, 0.1) is 36.0 Å². The van der Waals surface area contributed by atoms with Crippen LogP contribution in [0.15, 0.2) is 30.5 Å². The average molecular weight is 452 g/mol. The SMILES string of the molecule is CC(=O)O[C@@H](C(=O)O)C1OCCN(c2ccn(-c3ccc(C#N)c(C(F)(F)F)c3)n2)C1=O. The summed E-state index contributed by atoms with van der Waals surface area (Å²) >= 11 is 0. The summed E-state index contributed by atoms with van der Waals surface area (Å²) in [5.74, 6) is -3.32. The maximum Gasteiger partial charge on any atom is 0.417 e. The van der Waals surface area contributed by atoms with Crippen molar-refractivity contribution in [1.82, 2.24) is 9.78 Å². The van der Waals surface area contributed by atoms with E-state index < -0.39 is 47.4 Å². The Morgan fingerprint density at radius 3 is 2.69 bits per heavy atom. The van der Waals surface area contributed by atoms with Crippen LogP contribution < -0.4 is 4.90 Å². The van der Waals surface area contributed by atoms with Crippen molar-refractivity contribution in [3.8, 4) is 11.8 Å². The number of carboxylic acids is 1. The lowest BCUT2D eigenvalue weighted by atomic mass is 10.1. The molecule has 2 aromatic rings. The number of rotatable bonds is 5. The molecule has 1 fully saturated rings. The molecule has 2 atom stereocenters. The fraction of sp³-hybridized carbons (Fsp3) is 0.316. The van der Waals surface area contributed by atoms with Crippen molar-refractivity contribution in [2.75, 3.05) is 18.1 Å². The number of carbonyl (C=O) groups excluding carboxylic acids is 2. The van der Waals surface area contributed by atoms with Crippen LogP contribution >= 0.6 is 0 Å². The summed E-state index contributed by atoms with van der Waals surface area (Å²) in [5.41, 5.74) is -1.70. The second kappa shape index (κ2) is 8.67. The number of hydrogen-bond donors (Lipinski definition) is 1. The third-order valence-electron chi connectivity index (χ3n) is 4.48. The lowest BCUT2D eigenvalue weighted by Gasteiger charge is -2.33. The molecule has 0 bridgehead atoms. The van der Waals surface area contributed by atoms with Gasteiger partial charge in [0.25, 0.3) is 5.91 Å². The molecule has 0 spiro atoms. The Labute approximate surface area is 178 Å². The van der Waals surface area contributed by atoms with Gasteiger partial charge in [-0.25, -0.2) is 9.48 Å². The predicted molar refractivity (Wildman–Crippen MR) is 98.6 cm³/mol. The molecule has 3 rings (SSSR count). The highest BCUT2D eigenvalue weighted by atomic mass is 19.4. The Balaban J connectivity index is 1.90. The number of carboxylic acid groups (broad SMARTS) is 1. The molecular formula is C19H15F3N4O6. The van der Waals surface area contributed by atoms with Gasteiger partial charge in [-0.05, 0) is 18.2 Å². The van der Waals surface area contributed by atoms with Crippen LogP contribution in [-0.4, -0.2) is 58.1 Å². The number of amides is 1. The van der Waals surface area contributed by atoms with Crippen LogP contribution in [0, 0.1) is 11.3 Å². The fourth-order valence-corrected chi connectivity index (χ4v) is 3.08. The molecule has 168 valence electrons. The highest BCUT2D eigenvalue weighted by Gasteiger charge is 2.43. The van der Waals surface area contributed by atoms with Gasteiger partial charge in [0.2, 0.25) is 6.10 Å². The second-order valence-electron chi connectivity index (χ2n) is 6.61. The van der Waals surface area contributed by atoms with E-state index in [-0.39, 0.29) is 24.7 Å². The van der Waals surface area contributed by atoms with Gasteiger partial charge in [-0.1, -0.05) is 0 Å². The van der Waals surface area contributed by atoms with Crippen molar-refractivity contribution in [2.24, 2.45) is 0 Å². The molecule has 10 nitrogen and oxygen atoms in total. The van der Waals surface area contributed by atoms with E-state index >= 15 is 0 Å². The van der Waals surface area contributed by atoms with Crippen molar-refractivity contribution < 1.29 is 42.1 Å². The first-order chi connectivity index (χ1) is 15.0.